The Morgan fingerprint density at radius 1 is 1.36 bits per heavy atom. The van der Waals surface area contributed by atoms with Crippen LogP contribution in [-0.4, -0.2) is 11.1 Å². The van der Waals surface area contributed by atoms with E-state index in [-0.39, 0.29) is 5.56 Å². The van der Waals surface area contributed by atoms with Crippen molar-refractivity contribution in [1.82, 2.24) is 0 Å². The normalized spacial score (nSPS) is 12.5. The molecule has 1 rings (SSSR count). The third kappa shape index (κ3) is 1.77. The minimum absolute atomic E-state index is 0.181. The molecule has 0 aliphatic rings. The maximum atomic E-state index is 12.7. The summed E-state index contributed by atoms with van der Waals surface area (Å²) in [7, 11) is 0. The second kappa shape index (κ2) is 3.14. The lowest BCUT2D eigenvalue weighted by Crippen LogP contribution is -2.05. The Morgan fingerprint density at radius 3 is 2.36 bits per heavy atom. The highest BCUT2D eigenvalue weighted by molar-refractivity contribution is 5.74. The maximum absolute atomic E-state index is 12.7. The van der Waals surface area contributed by atoms with Crippen LogP contribution in [0.15, 0.2) is 30.3 Å². The predicted molar refractivity (Wildman–Crippen MR) is 37.9 cm³/mol. The summed E-state index contributed by atoms with van der Waals surface area (Å²) in [6.45, 7) is 0. The van der Waals surface area contributed by atoms with Crippen molar-refractivity contribution in [3.8, 4) is 0 Å². The van der Waals surface area contributed by atoms with E-state index in [2.05, 4.69) is 0 Å². The zero-order chi connectivity index (χ0) is 8.27. The number of carboxylic acids is 1. The van der Waals surface area contributed by atoms with Crippen molar-refractivity contribution in [2.75, 3.05) is 0 Å². The molecule has 0 amide bonds. The molecule has 0 saturated carbocycles. The van der Waals surface area contributed by atoms with E-state index in [9.17, 15) is 9.18 Å². The molecule has 1 aromatic carbocycles. The summed E-state index contributed by atoms with van der Waals surface area (Å²) in [6, 6.07) is 7.80. The molecule has 1 N–H and O–H groups in total. The Morgan fingerprint density at radius 2 is 1.91 bits per heavy atom. The number of carbonyl (C=O) groups is 1. The van der Waals surface area contributed by atoms with Gasteiger partial charge in [0.2, 0.25) is 6.17 Å². The summed E-state index contributed by atoms with van der Waals surface area (Å²) in [5.41, 5.74) is 0.181. The van der Waals surface area contributed by atoms with Gasteiger partial charge in [-0.05, 0) is 5.56 Å². The van der Waals surface area contributed by atoms with E-state index in [1.54, 1.807) is 18.2 Å². The molecule has 11 heavy (non-hydrogen) atoms. The minimum Gasteiger partial charge on any atom is -0.479 e. The highest BCUT2D eigenvalue weighted by Gasteiger charge is 2.16. The van der Waals surface area contributed by atoms with E-state index >= 15 is 0 Å². The molecule has 0 spiro atoms. The molecule has 0 saturated heterocycles. The van der Waals surface area contributed by atoms with Gasteiger partial charge >= 0.3 is 5.97 Å². The van der Waals surface area contributed by atoms with Crippen LogP contribution < -0.4 is 0 Å². The summed E-state index contributed by atoms with van der Waals surface area (Å²) in [4.78, 5) is 10.1. The molecule has 0 radical (unpaired) electrons. The van der Waals surface area contributed by atoms with Gasteiger partial charge in [-0.15, -0.1) is 0 Å². The predicted octanol–water partition coefficient (Wildman–Crippen LogP) is 1.78. The van der Waals surface area contributed by atoms with Crippen molar-refractivity contribution in [2.24, 2.45) is 0 Å². The van der Waals surface area contributed by atoms with Gasteiger partial charge in [-0.25, -0.2) is 9.18 Å². The average molecular weight is 154 g/mol. The van der Waals surface area contributed by atoms with Crippen LogP contribution >= 0.6 is 0 Å². The molecule has 2 nitrogen and oxygen atoms in total. The molecule has 0 aliphatic carbocycles. The number of benzene rings is 1. The monoisotopic (exact) mass is 154 g/mol. The van der Waals surface area contributed by atoms with Gasteiger partial charge in [0, 0.05) is 0 Å². The van der Waals surface area contributed by atoms with Gasteiger partial charge in [0.15, 0.2) is 0 Å². The fourth-order valence-electron chi connectivity index (χ4n) is 0.765. The van der Waals surface area contributed by atoms with Crippen LogP contribution in [0.1, 0.15) is 11.7 Å². The van der Waals surface area contributed by atoms with E-state index < -0.39 is 12.1 Å². The third-order valence-corrected chi connectivity index (χ3v) is 1.31. The van der Waals surface area contributed by atoms with Gasteiger partial charge in [-0.3, -0.25) is 0 Å². The Balaban J connectivity index is 2.85. The molecule has 0 aromatic heterocycles. The van der Waals surface area contributed by atoms with Gasteiger partial charge in [0.25, 0.3) is 0 Å². The first kappa shape index (κ1) is 7.72. The Hall–Kier alpha value is -1.38. The fraction of sp³-hybridized carbons (Fsp3) is 0.125. The van der Waals surface area contributed by atoms with E-state index in [4.69, 9.17) is 5.11 Å². The topological polar surface area (TPSA) is 37.3 Å². The summed E-state index contributed by atoms with van der Waals surface area (Å²) >= 11 is 0. The lowest BCUT2D eigenvalue weighted by atomic mass is 10.1. The minimum atomic E-state index is -1.91. The van der Waals surface area contributed by atoms with Crippen LogP contribution in [0, 0.1) is 0 Å². The van der Waals surface area contributed by atoms with Gasteiger partial charge in [0.1, 0.15) is 0 Å². The molecule has 0 heterocycles. The maximum Gasteiger partial charge on any atom is 0.343 e. The van der Waals surface area contributed by atoms with Crippen molar-refractivity contribution in [3.05, 3.63) is 35.9 Å². The zero-order valence-corrected chi connectivity index (χ0v) is 5.70. The number of aliphatic carboxylic acids is 1. The van der Waals surface area contributed by atoms with Crippen molar-refractivity contribution < 1.29 is 14.3 Å². The number of hydrogen-bond donors (Lipinski definition) is 1. The van der Waals surface area contributed by atoms with Crippen LogP contribution in [0.25, 0.3) is 0 Å². The van der Waals surface area contributed by atoms with Crippen LogP contribution in [0.3, 0.4) is 0 Å². The lowest BCUT2D eigenvalue weighted by molar-refractivity contribution is -0.143. The average Bonchev–Trinajstić information content (AvgIpc) is 2.05. The van der Waals surface area contributed by atoms with E-state index in [1.165, 1.54) is 12.1 Å². The Labute approximate surface area is 63.3 Å². The smallest absolute Gasteiger partial charge is 0.343 e. The zero-order valence-electron chi connectivity index (χ0n) is 5.70. The van der Waals surface area contributed by atoms with E-state index in [1.807, 2.05) is 0 Å². The molecule has 0 fully saturated rings. The number of alkyl halides is 1. The molecule has 1 atom stereocenters. The summed E-state index contributed by atoms with van der Waals surface area (Å²) in [6.07, 6.45) is -1.91. The fourth-order valence-corrected chi connectivity index (χ4v) is 0.765. The summed E-state index contributed by atoms with van der Waals surface area (Å²) < 4.78 is 12.7. The molecule has 0 unspecified atom stereocenters. The van der Waals surface area contributed by atoms with Gasteiger partial charge < -0.3 is 5.11 Å². The van der Waals surface area contributed by atoms with E-state index in [0.717, 1.165) is 0 Å². The Kier molecular flexibility index (Phi) is 2.21. The molecular formula is C8H7FO2. The van der Waals surface area contributed by atoms with Gasteiger partial charge in [0.05, 0.1) is 0 Å². The molecule has 0 bridgehead atoms. The molecular weight excluding hydrogens is 147 g/mol. The van der Waals surface area contributed by atoms with Crippen LogP contribution in [0.2, 0.25) is 0 Å². The van der Waals surface area contributed by atoms with Crippen LogP contribution in [0.5, 0.6) is 0 Å². The van der Waals surface area contributed by atoms with Crippen LogP contribution in [0.4, 0.5) is 4.39 Å². The second-order valence-corrected chi connectivity index (χ2v) is 2.11. The molecule has 3 heteroatoms. The number of halogens is 1. The summed E-state index contributed by atoms with van der Waals surface area (Å²) in [5.74, 6) is -1.45. The highest BCUT2D eigenvalue weighted by atomic mass is 19.1. The quantitative estimate of drug-likeness (QED) is 0.704. The molecule has 1 aromatic rings. The SMILES string of the molecule is O=C(O)[C@H](F)c1ccccc1. The van der Waals surface area contributed by atoms with Crippen molar-refractivity contribution in [3.63, 3.8) is 0 Å². The van der Waals surface area contributed by atoms with Crippen molar-refractivity contribution >= 4 is 5.97 Å². The second-order valence-electron chi connectivity index (χ2n) is 2.11. The standard InChI is InChI=1S/C8H7FO2/c9-7(8(10)11)6-4-2-1-3-5-6/h1-5,7H,(H,10,11)/t7-/m1/s1. The van der Waals surface area contributed by atoms with Crippen molar-refractivity contribution in [1.29, 1.82) is 0 Å². The highest BCUT2D eigenvalue weighted by Crippen LogP contribution is 2.15. The Bertz CT molecular complexity index is 246. The molecule has 58 valence electrons. The summed E-state index contributed by atoms with van der Waals surface area (Å²) in [5, 5.41) is 8.26. The van der Waals surface area contributed by atoms with Gasteiger partial charge in [-0.2, -0.15) is 0 Å². The largest absolute Gasteiger partial charge is 0.479 e. The number of hydrogen-bond acceptors (Lipinski definition) is 1. The molecule has 0 aliphatic heterocycles. The number of rotatable bonds is 2. The third-order valence-electron chi connectivity index (χ3n) is 1.31. The first-order valence-electron chi connectivity index (χ1n) is 3.13. The first-order chi connectivity index (χ1) is 5.22. The van der Waals surface area contributed by atoms with Crippen molar-refractivity contribution in [2.45, 2.75) is 6.17 Å². The lowest BCUT2D eigenvalue weighted by Gasteiger charge is -2.00. The first-order valence-corrected chi connectivity index (χ1v) is 3.13. The number of carboxylic acid groups (broad SMARTS) is 1. The van der Waals surface area contributed by atoms with E-state index in [0.29, 0.717) is 0 Å². The van der Waals surface area contributed by atoms with Gasteiger partial charge in [-0.1, -0.05) is 30.3 Å². The van der Waals surface area contributed by atoms with Crippen LogP contribution in [-0.2, 0) is 4.79 Å².